The Balaban J connectivity index is 1.63. The molecule has 3 heterocycles. The molecule has 1 aliphatic heterocycles. The summed E-state index contributed by atoms with van der Waals surface area (Å²) in [7, 11) is 0. The minimum atomic E-state index is -0.00985. The zero-order valence-electron chi connectivity index (χ0n) is 10.9. The summed E-state index contributed by atoms with van der Waals surface area (Å²) in [6.07, 6.45) is 3.48. The molecule has 3 rings (SSSR count). The van der Waals surface area contributed by atoms with Crippen molar-refractivity contribution in [3.05, 3.63) is 40.7 Å². The van der Waals surface area contributed by atoms with Crippen LogP contribution in [-0.2, 0) is 0 Å². The van der Waals surface area contributed by atoms with Crippen LogP contribution in [0.1, 0.15) is 22.5 Å². The summed E-state index contributed by atoms with van der Waals surface area (Å²) in [5.74, 6) is 0.607. The largest absolute Gasteiger partial charge is 0.471 e. The highest BCUT2D eigenvalue weighted by Crippen LogP contribution is 2.19. The minimum absolute atomic E-state index is 0.00985. The molecule has 2 aromatic rings. The maximum atomic E-state index is 12.3. The van der Waals surface area contributed by atoms with Crippen LogP contribution in [0.4, 0.5) is 0 Å². The fourth-order valence-electron chi connectivity index (χ4n) is 2.30. The van der Waals surface area contributed by atoms with Crippen molar-refractivity contribution in [2.45, 2.75) is 18.9 Å². The van der Waals surface area contributed by atoms with Crippen molar-refractivity contribution in [1.29, 1.82) is 0 Å². The van der Waals surface area contributed by atoms with Crippen LogP contribution in [0.3, 0.4) is 0 Å². The monoisotopic (exact) mass is 289 g/mol. The Hall–Kier alpha value is -1.95. The molecule has 0 bridgehead atoms. The summed E-state index contributed by atoms with van der Waals surface area (Å²) >= 11 is 1.48. The van der Waals surface area contributed by atoms with Gasteiger partial charge in [0, 0.05) is 18.8 Å². The number of piperidine rings is 1. The number of carbonyl (C=O) groups is 1. The molecule has 1 unspecified atom stereocenters. The first-order valence-electron chi connectivity index (χ1n) is 6.60. The van der Waals surface area contributed by atoms with Crippen LogP contribution in [0.5, 0.6) is 5.88 Å². The van der Waals surface area contributed by atoms with Crippen LogP contribution in [0.2, 0.25) is 0 Å². The predicted molar refractivity (Wildman–Crippen MR) is 75.9 cm³/mol. The van der Waals surface area contributed by atoms with E-state index in [1.807, 2.05) is 22.4 Å². The molecule has 6 heteroatoms. The molecular formula is C14H15N3O2S. The number of ether oxygens (including phenoxy) is 1. The third-order valence-corrected chi connectivity index (χ3v) is 4.09. The van der Waals surface area contributed by atoms with Gasteiger partial charge in [0.15, 0.2) is 0 Å². The van der Waals surface area contributed by atoms with E-state index in [2.05, 4.69) is 10.2 Å². The van der Waals surface area contributed by atoms with Gasteiger partial charge in [-0.05, 0) is 30.4 Å². The first-order chi connectivity index (χ1) is 9.83. The Labute approximate surface area is 121 Å². The van der Waals surface area contributed by atoms with Gasteiger partial charge in [0.05, 0.1) is 11.4 Å². The standard InChI is InChI=1S/C14H15N3O2S/c18-14(12-5-3-9-20-12)17-8-2-4-11(10-17)19-13-6-1-7-15-16-13/h1,3,5-7,9,11H,2,4,8,10H2. The summed E-state index contributed by atoms with van der Waals surface area (Å²) < 4.78 is 5.79. The molecule has 0 spiro atoms. The van der Waals surface area contributed by atoms with Crippen LogP contribution >= 0.6 is 11.3 Å². The average molecular weight is 289 g/mol. The molecule has 5 nitrogen and oxygen atoms in total. The number of rotatable bonds is 3. The summed E-state index contributed by atoms with van der Waals surface area (Å²) in [4.78, 5) is 15.0. The van der Waals surface area contributed by atoms with Gasteiger partial charge in [-0.25, -0.2) is 0 Å². The number of hydrogen-bond donors (Lipinski definition) is 0. The minimum Gasteiger partial charge on any atom is -0.471 e. The summed E-state index contributed by atoms with van der Waals surface area (Å²) in [6, 6.07) is 7.34. The molecule has 20 heavy (non-hydrogen) atoms. The average Bonchev–Trinajstić information content (AvgIpc) is 3.02. The molecule has 2 aromatic heterocycles. The van der Waals surface area contributed by atoms with Crippen LogP contribution in [0.25, 0.3) is 0 Å². The van der Waals surface area contributed by atoms with Gasteiger partial charge in [-0.1, -0.05) is 6.07 Å². The Morgan fingerprint density at radius 2 is 2.35 bits per heavy atom. The SMILES string of the molecule is O=C(c1cccs1)N1CCCC(Oc2cccnn2)C1. The fraction of sp³-hybridized carbons (Fsp3) is 0.357. The van der Waals surface area contributed by atoms with E-state index in [9.17, 15) is 4.79 Å². The molecule has 104 valence electrons. The highest BCUT2D eigenvalue weighted by Gasteiger charge is 2.26. The van der Waals surface area contributed by atoms with E-state index in [0.717, 1.165) is 24.3 Å². The quantitative estimate of drug-likeness (QED) is 0.869. The zero-order chi connectivity index (χ0) is 13.8. The molecular weight excluding hydrogens is 274 g/mol. The van der Waals surface area contributed by atoms with Gasteiger partial charge < -0.3 is 9.64 Å². The number of thiophene rings is 1. The molecule has 1 amide bonds. The number of amides is 1. The van der Waals surface area contributed by atoms with Gasteiger partial charge in [-0.3, -0.25) is 4.79 Å². The van der Waals surface area contributed by atoms with E-state index in [4.69, 9.17) is 4.74 Å². The third-order valence-electron chi connectivity index (χ3n) is 3.23. The van der Waals surface area contributed by atoms with Crippen molar-refractivity contribution in [3.8, 4) is 5.88 Å². The van der Waals surface area contributed by atoms with Gasteiger partial charge in [-0.15, -0.1) is 16.4 Å². The fourth-order valence-corrected chi connectivity index (χ4v) is 2.99. The first kappa shape index (κ1) is 13.1. The lowest BCUT2D eigenvalue weighted by molar-refractivity contribution is 0.0530. The van der Waals surface area contributed by atoms with Crippen molar-refractivity contribution in [3.63, 3.8) is 0 Å². The molecule has 0 aromatic carbocycles. The summed E-state index contributed by atoms with van der Waals surface area (Å²) in [6.45, 7) is 1.39. The van der Waals surface area contributed by atoms with Gasteiger partial charge in [0.2, 0.25) is 5.88 Å². The summed E-state index contributed by atoms with van der Waals surface area (Å²) in [5.41, 5.74) is 0. The van der Waals surface area contributed by atoms with E-state index in [-0.39, 0.29) is 12.0 Å². The van der Waals surface area contributed by atoms with E-state index >= 15 is 0 Å². The highest BCUT2D eigenvalue weighted by atomic mass is 32.1. The Bertz CT molecular complexity index is 559. The number of hydrogen-bond acceptors (Lipinski definition) is 5. The molecule has 1 fully saturated rings. The van der Waals surface area contributed by atoms with E-state index in [1.165, 1.54) is 11.3 Å². The lowest BCUT2D eigenvalue weighted by Crippen LogP contribution is -2.44. The van der Waals surface area contributed by atoms with Gasteiger partial charge >= 0.3 is 0 Å². The van der Waals surface area contributed by atoms with Crippen LogP contribution in [-0.4, -0.2) is 40.2 Å². The molecule has 0 N–H and O–H groups in total. The number of nitrogens with zero attached hydrogens (tertiary/aromatic N) is 3. The van der Waals surface area contributed by atoms with Crippen molar-refractivity contribution in [1.82, 2.24) is 15.1 Å². The third kappa shape index (κ3) is 2.96. The zero-order valence-corrected chi connectivity index (χ0v) is 11.8. The van der Waals surface area contributed by atoms with E-state index in [0.29, 0.717) is 12.4 Å². The Morgan fingerprint density at radius 1 is 1.40 bits per heavy atom. The normalized spacial score (nSPS) is 18.8. The molecule has 1 atom stereocenters. The lowest BCUT2D eigenvalue weighted by atomic mass is 10.1. The first-order valence-corrected chi connectivity index (χ1v) is 7.48. The Morgan fingerprint density at radius 3 is 3.10 bits per heavy atom. The number of aromatic nitrogens is 2. The molecule has 1 aliphatic rings. The number of carbonyl (C=O) groups excluding carboxylic acids is 1. The van der Waals surface area contributed by atoms with Crippen molar-refractivity contribution in [2.24, 2.45) is 0 Å². The lowest BCUT2D eigenvalue weighted by Gasteiger charge is -2.32. The maximum absolute atomic E-state index is 12.3. The molecule has 0 aliphatic carbocycles. The number of likely N-dealkylation sites (tertiary alicyclic amines) is 1. The van der Waals surface area contributed by atoms with Gasteiger partial charge in [-0.2, -0.15) is 5.10 Å². The van der Waals surface area contributed by atoms with E-state index in [1.54, 1.807) is 18.3 Å². The molecule has 0 radical (unpaired) electrons. The van der Waals surface area contributed by atoms with Crippen LogP contribution in [0.15, 0.2) is 35.8 Å². The van der Waals surface area contributed by atoms with Crippen molar-refractivity contribution >= 4 is 17.2 Å². The van der Waals surface area contributed by atoms with E-state index < -0.39 is 0 Å². The van der Waals surface area contributed by atoms with Gasteiger partial charge in [0.1, 0.15) is 6.10 Å². The topological polar surface area (TPSA) is 55.3 Å². The predicted octanol–water partition coefficient (Wildman–Crippen LogP) is 2.22. The van der Waals surface area contributed by atoms with Gasteiger partial charge in [0.25, 0.3) is 5.91 Å². The van der Waals surface area contributed by atoms with Crippen molar-refractivity contribution < 1.29 is 9.53 Å². The Kier molecular flexibility index (Phi) is 3.92. The molecule has 0 saturated carbocycles. The molecule has 1 saturated heterocycles. The smallest absolute Gasteiger partial charge is 0.264 e. The van der Waals surface area contributed by atoms with Crippen molar-refractivity contribution in [2.75, 3.05) is 13.1 Å². The van der Waals surface area contributed by atoms with Crippen LogP contribution in [0, 0.1) is 0 Å². The van der Waals surface area contributed by atoms with Crippen LogP contribution < -0.4 is 4.74 Å². The second kappa shape index (κ2) is 6.00. The highest BCUT2D eigenvalue weighted by molar-refractivity contribution is 7.12. The second-order valence-electron chi connectivity index (χ2n) is 4.67. The second-order valence-corrected chi connectivity index (χ2v) is 5.62. The summed E-state index contributed by atoms with van der Waals surface area (Å²) in [5, 5.41) is 9.63. The maximum Gasteiger partial charge on any atom is 0.264 e.